The number of pyridine rings is 1. The highest BCUT2D eigenvalue weighted by Crippen LogP contribution is 2.44. The molecule has 7 nitrogen and oxygen atoms in total. The van der Waals surface area contributed by atoms with Gasteiger partial charge in [0, 0.05) is 45.2 Å². The Morgan fingerprint density at radius 1 is 0.886 bits per heavy atom. The standard InChI is InChI=1S/C35H33N5O2S2/c1-21-18-22(2)33(23(3)19-21)38-24(4)20-30(25(38)5)34-32(31-8-6-7-17-36-31)37-35(43)39(34)26-9-13-28(14-10-26)44-29-15-11-27(12-16-29)40(41)42/h6-20,32,34H,1-5H3,(H,37,43)/t32-,34+/m1/s1. The average molecular weight is 620 g/mol. The molecule has 1 N–H and O–H groups in total. The minimum atomic E-state index is -0.384. The van der Waals surface area contributed by atoms with Crippen molar-refractivity contribution in [3.63, 3.8) is 0 Å². The molecular weight excluding hydrogens is 587 g/mol. The first-order chi connectivity index (χ1) is 21.1. The van der Waals surface area contributed by atoms with Crippen molar-refractivity contribution in [2.75, 3.05) is 4.90 Å². The largest absolute Gasteiger partial charge is 0.351 e. The van der Waals surface area contributed by atoms with E-state index in [1.54, 1.807) is 23.9 Å². The van der Waals surface area contributed by atoms with Crippen LogP contribution in [0, 0.1) is 44.7 Å². The van der Waals surface area contributed by atoms with Gasteiger partial charge in [-0.1, -0.05) is 35.5 Å². The molecule has 222 valence electrons. The molecule has 0 saturated carbocycles. The van der Waals surface area contributed by atoms with E-state index in [2.05, 4.69) is 91.9 Å². The van der Waals surface area contributed by atoms with Gasteiger partial charge in [-0.15, -0.1) is 0 Å². The number of anilines is 1. The molecule has 3 aromatic carbocycles. The fourth-order valence-corrected chi connectivity index (χ4v) is 7.51. The fraction of sp³-hybridized carbons (Fsp3) is 0.200. The summed E-state index contributed by atoms with van der Waals surface area (Å²) in [6, 6.07) is 27.4. The average Bonchev–Trinajstić information content (AvgIpc) is 3.49. The Labute approximate surface area is 267 Å². The van der Waals surface area contributed by atoms with Gasteiger partial charge in [-0.05, 0) is 118 Å². The molecule has 0 spiro atoms. The molecular formula is C35H33N5O2S2. The van der Waals surface area contributed by atoms with E-state index in [0.717, 1.165) is 21.2 Å². The summed E-state index contributed by atoms with van der Waals surface area (Å²) in [6.07, 6.45) is 1.83. The van der Waals surface area contributed by atoms with Crippen molar-refractivity contribution in [1.29, 1.82) is 0 Å². The molecule has 0 unspecified atom stereocenters. The van der Waals surface area contributed by atoms with Crippen molar-refractivity contribution in [2.24, 2.45) is 0 Å². The van der Waals surface area contributed by atoms with Crippen molar-refractivity contribution < 1.29 is 4.92 Å². The summed E-state index contributed by atoms with van der Waals surface area (Å²) in [4.78, 5) is 19.5. The van der Waals surface area contributed by atoms with Crippen LogP contribution in [0.25, 0.3) is 5.69 Å². The van der Waals surface area contributed by atoms with E-state index >= 15 is 0 Å². The van der Waals surface area contributed by atoms with Gasteiger partial charge in [-0.25, -0.2) is 0 Å². The first-order valence-electron chi connectivity index (χ1n) is 14.4. The summed E-state index contributed by atoms with van der Waals surface area (Å²) < 4.78 is 2.37. The third-order valence-electron chi connectivity index (χ3n) is 8.14. The number of nitro benzene ring substituents is 1. The maximum atomic E-state index is 11.0. The summed E-state index contributed by atoms with van der Waals surface area (Å²) in [5.74, 6) is 0. The summed E-state index contributed by atoms with van der Waals surface area (Å²) >= 11 is 7.56. The lowest BCUT2D eigenvalue weighted by Crippen LogP contribution is -2.29. The van der Waals surface area contributed by atoms with Gasteiger partial charge in [0.25, 0.3) is 5.69 Å². The molecule has 1 aliphatic heterocycles. The number of rotatable bonds is 7. The van der Waals surface area contributed by atoms with E-state index < -0.39 is 0 Å². The number of non-ortho nitro benzene ring substituents is 1. The molecule has 0 amide bonds. The normalized spacial score (nSPS) is 16.3. The van der Waals surface area contributed by atoms with Crippen LogP contribution in [0.1, 0.15) is 51.4 Å². The topological polar surface area (TPSA) is 76.2 Å². The number of hydrogen-bond donors (Lipinski definition) is 1. The Hall–Kier alpha value is -4.47. The van der Waals surface area contributed by atoms with Gasteiger partial charge in [0.1, 0.15) is 0 Å². The lowest BCUT2D eigenvalue weighted by atomic mass is 9.96. The SMILES string of the molecule is Cc1cc(C)c(-n2c(C)cc([C@H]3[C@@H](c4ccccn4)NC(=S)N3c3ccc(Sc4ccc([N+](=O)[O-])cc4)cc3)c2C)c(C)c1. The molecule has 0 radical (unpaired) electrons. The van der Waals surface area contributed by atoms with Gasteiger partial charge in [-0.2, -0.15) is 0 Å². The van der Waals surface area contributed by atoms with Crippen molar-refractivity contribution in [3.05, 3.63) is 141 Å². The zero-order valence-electron chi connectivity index (χ0n) is 25.2. The highest BCUT2D eigenvalue weighted by Gasteiger charge is 2.42. The van der Waals surface area contributed by atoms with Crippen LogP contribution >= 0.6 is 24.0 Å². The molecule has 0 aliphatic carbocycles. The maximum absolute atomic E-state index is 11.0. The number of thiocarbonyl (C=S) groups is 1. The van der Waals surface area contributed by atoms with Crippen molar-refractivity contribution in [1.82, 2.24) is 14.9 Å². The Morgan fingerprint density at radius 2 is 1.52 bits per heavy atom. The molecule has 2 aromatic heterocycles. The predicted octanol–water partition coefficient (Wildman–Crippen LogP) is 8.65. The first kappa shape index (κ1) is 29.6. The lowest BCUT2D eigenvalue weighted by molar-refractivity contribution is -0.384. The minimum absolute atomic E-state index is 0.0836. The van der Waals surface area contributed by atoms with Crippen LogP contribution in [0.2, 0.25) is 0 Å². The quantitative estimate of drug-likeness (QED) is 0.111. The number of nitrogens with one attached hydrogen (secondary N) is 1. The van der Waals surface area contributed by atoms with Crippen LogP contribution in [-0.4, -0.2) is 19.6 Å². The third kappa shape index (κ3) is 5.49. The molecule has 44 heavy (non-hydrogen) atoms. The van der Waals surface area contributed by atoms with Gasteiger partial charge in [0.2, 0.25) is 0 Å². The van der Waals surface area contributed by atoms with E-state index in [4.69, 9.17) is 17.2 Å². The van der Waals surface area contributed by atoms with Crippen molar-refractivity contribution >= 4 is 40.5 Å². The molecule has 2 atom stereocenters. The minimum Gasteiger partial charge on any atom is -0.351 e. The molecule has 1 fully saturated rings. The fourth-order valence-electron chi connectivity index (χ4n) is 6.35. The molecule has 1 saturated heterocycles. The van der Waals surface area contributed by atoms with E-state index in [1.165, 1.54) is 51.5 Å². The predicted molar refractivity (Wildman–Crippen MR) is 181 cm³/mol. The Kier molecular flexibility index (Phi) is 8.00. The third-order valence-corrected chi connectivity index (χ3v) is 9.47. The summed E-state index contributed by atoms with van der Waals surface area (Å²) in [5.41, 5.74) is 10.5. The maximum Gasteiger partial charge on any atom is 0.269 e. The molecule has 6 rings (SSSR count). The molecule has 3 heterocycles. The lowest BCUT2D eigenvalue weighted by Gasteiger charge is -2.28. The molecule has 0 bridgehead atoms. The number of hydrogen-bond acceptors (Lipinski definition) is 5. The second-order valence-electron chi connectivity index (χ2n) is 11.3. The zero-order valence-corrected chi connectivity index (χ0v) is 26.9. The van der Waals surface area contributed by atoms with Crippen LogP contribution in [-0.2, 0) is 0 Å². The highest BCUT2D eigenvalue weighted by atomic mass is 32.2. The first-order valence-corrected chi connectivity index (χ1v) is 15.6. The second kappa shape index (κ2) is 11.9. The Bertz CT molecular complexity index is 1850. The molecule has 9 heteroatoms. The van der Waals surface area contributed by atoms with Gasteiger partial charge in [-0.3, -0.25) is 15.1 Å². The zero-order chi connectivity index (χ0) is 31.1. The molecule has 5 aromatic rings. The van der Waals surface area contributed by atoms with E-state index in [1.807, 2.05) is 24.4 Å². The van der Waals surface area contributed by atoms with Crippen molar-refractivity contribution in [2.45, 2.75) is 56.5 Å². The van der Waals surface area contributed by atoms with Gasteiger partial charge >= 0.3 is 0 Å². The van der Waals surface area contributed by atoms with E-state index in [9.17, 15) is 10.1 Å². The van der Waals surface area contributed by atoms with E-state index in [0.29, 0.717) is 5.11 Å². The van der Waals surface area contributed by atoms with Gasteiger partial charge in [0.15, 0.2) is 5.11 Å². The van der Waals surface area contributed by atoms with Gasteiger partial charge in [0.05, 0.1) is 28.4 Å². The summed E-state index contributed by atoms with van der Waals surface area (Å²) in [5, 5.41) is 15.3. The highest BCUT2D eigenvalue weighted by molar-refractivity contribution is 7.99. The van der Waals surface area contributed by atoms with Crippen LogP contribution in [0.4, 0.5) is 11.4 Å². The van der Waals surface area contributed by atoms with Crippen LogP contribution in [0.5, 0.6) is 0 Å². The van der Waals surface area contributed by atoms with Crippen LogP contribution in [0.15, 0.2) is 101 Å². The Balaban J connectivity index is 1.40. The summed E-state index contributed by atoms with van der Waals surface area (Å²) in [7, 11) is 0. The van der Waals surface area contributed by atoms with Crippen LogP contribution < -0.4 is 10.2 Å². The second-order valence-corrected chi connectivity index (χ2v) is 12.8. The monoisotopic (exact) mass is 619 g/mol. The molecule has 1 aliphatic rings. The van der Waals surface area contributed by atoms with Crippen molar-refractivity contribution in [3.8, 4) is 5.69 Å². The smallest absolute Gasteiger partial charge is 0.269 e. The van der Waals surface area contributed by atoms with E-state index in [-0.39, 0.29) is 22.7 Å². The summed E-state index contributed by atoms with van der Waals surface area (Å²) in [6.45, 7) is 10.9. The van der Waals surface area contributed by atoms with Gasteiger partial charge < -0.3 is 14.8 Å². The van der Waals surface area contributed by atoms with Crippen LogP contribution in [0.3, 0.4) is 0 Å². The number of aryl methyl sites for hydroxylation is 4. The number of aromatic nitrogens is 2. The number of benzene rings is 3. The Morgan fingerprint density at radius 3 is 2.11 bits per heavy atom. The number of nitrogens with zero attached hydrogens (tertiary/aromatic N) is 4. The number of nitro groups is 1.